The first kappa shape index (κ1) is 20.6. The molecule has 6 aromatic rings. The summed E-state index contributed by atoms with van der Waals surface area (Å²) in [5.41, 5.74) is 7.20. The zero-order valence-electron chi connectivity index (χ0n) is 19.0. The molecule has 34 heavy (non-hydrogen) atoms. The van der Waals surface area contributed by atoms with Gasteiger partial charge in [-0.15, -0.1) is 11.3 Å². The summed E-state index contributed by atoms with van der Waals surface area (Å²) in [5, 5.41) is 8.60. The number of hydrogen-bond donors (Lipinski definition) is 2. The minimum absolute atomic E-state index is 0.695. The van der Waals surface area contributed by atoms with Crippen LogP contribution in [0.25, 0.3) is 55.3 Å². The van der Waals surface area contributed by atoms with E-state index in [1.807, 2.05) is 51.0 Å². The lowest BCUT2D eigenvalue weighted by molar-refractivity contribution is 0.402. The molecule has 0 radical (unpaired) electrons. The van der Waals surface area contributed by atoms with Crippen molar-refractivity contribution in [3.8, 4) is 33.3 Å². The third kappa shape index (κ3) is 3.64. The van der Waals surface area contributed by atoms with Gasteiger partial charge in [-0.05, 0) is 56.9 Å². The fourth-order valence-electron chi connectivity index (χ4n) is 4.12. The number of fused-ring (bicyclic) bond motifs is 2. The lowest BCUT2D eigenvalue weighted by atomic mass is 10.1. The number of aromatic nitrogens is 7. The number of nitrogens with zero attached hydrogens (tertiary/aromatic N) is 6. The Bertz CT molecular complexity index is 1640. The molecule has 0 spiro atoms. The number of aryl methyl sites for hydroxylation is 1. The molecule has 6 aromatic heterocycles. The van der Waals surface area contributed by atoms with Gasteiger partial charge in [0, 0.05) is 41.0 Å². The summed E-state index contributed by atoms with van der Waals surface area (Å²) in [6.45, 7) is 2.91. The molecule has 0 atom stereocenters. The maximum Gasteiger partial charge on any atom is 0.159 e. The van der Waals surface area contributed by atoms with E-state index in [0.29, 0.717) is 5.82 Å². The van der Waals surface area contributed by atoms with Crippen LogP contribution in [0.4, 0.5) is 0 Å². The number of thiophene rings is 1. The summed E-state index contributed by atoms with van der Waals surface area (Å²) >= 11 is 1.71. The van der Waals surface area contributed by atoms with Gasteiger partial charge in [-0.25, -0.2) is 4.98 Å². The highest BCUT2D eigenvalue weighted by atomic mass is 32.1. The van der Waals surface area contributed by atoms with Crippen LogP contribution in [-0.2, 0) is 6.54 Å². The van der Waals surface area contributed by atoms with Gasteiger partial charge in [-0.3, -0.25) is 20.1 Å². The molecule has 0 fully saturated rings. The predicted molar refractivity (Wildman–Crippen MR) is 135 cm³/mol. The van der Waals surface area contributed by atoms with Crippen LogP contribution < -0.4 is 0 Å². The molecule has 6 heterocycles. The van der Waals surface area contributed by atoms with E-state index in [-0.39, 0.29) is 0 Å². The second-order valence-corrected chi connectivity index (χ2v) is 9.85. The van der Waals surface area contributed by atoms with Crippen molar-refractivity contribution in [3.05, 3.63) is 65.6 Å². The molecular formula is C25H22N8S. The standard InChI is InChI=1S/C25H22N8S/c1-14-4-5-21(34-14)24-23-18(6-7-27-24)29-25(30-23)22-17-9-19(28-12-20(17)31-32-22)16-8-15(10-26-11-16)13-33(2)3/h4-12H,13H2,1-3H3,(H,29,30)(H,31,32). The third-order valence-electron chi connectivity index (χ3n) is 5.64. The number of H-pyrrole nitrogens is 2. The molecule has 0 saturated carbocycles. The molecule has 9 heteroatoms. The number of hydrogen-bond acceptors (Lipinski definition) is 7. The summed E-state index contributed by atoms with van der Waals surface area (Å²) in [4.78, 5) is 26.5. The second-order valence-electron chi connectivity index (χ2n) is 8.56. The highest BCUT2D eigenvalue weighted by molar-refractivity contribution is 7.15. The summed E-state index contributed by atoms with van der Waals surface area (Å²) in [7, 11) is 4.09. The quantitative estimate of drug-likeness (QED) is 0.369. The molecule has 2 N–H and O–H groups in total. The fraction of sp³-hybridized carbons (Fsp3) is 0.160. The van der Waals surface area contributed by atoms with Gasteiger partial charge in [0.05, 0.1) is 27.8 Å². The largest absolute Gasteiger partial charge is 0.336 e. The summed E-state index contributed by atoms with van der Waals surface area (Å²) in [6, 6.07) is 10.3. The topological polar surface area (TPSA) is 99.3 Å². The Morgan fingerprint density at radius 2 is 1.88 bits per heavy atom. The highest BCUT2D eigenvalue weighted by Crippen LogP contribution is 2.33. The number of nitrogens with one attached hydrogen (secondary N) is 2. The maximum absolute atomic E-state index is 4.91. The zero-order chi connectivity index (χ0) is 23.2. The van der Waals surface area contributed by atoms with Crippen LogP contribution in [0.3, 0.4) is 0 Å². The molecule has 0 bridgehead atoms. The van der Waals surface area contributed by atoms with E-state index in [2.05, 4.69) is 60.2 Å². The van der Waals surface area contributed by atoms with Crippen LogP contribution in [0, 0.1) is 6.92 Å². The predicted octanol–water partition coefficient (Wildman–Crippen LogP) is 5.06. The van der Waals surface area contributed by atoms with Crippen molar-refractivity contribution in [1.29, 1.82) is 0 Å². The Hall–Kier alpha value is -3.95. The molecule has 0 aliphatic carbocycles. The van der Waals surface area contributed by atoms with Gasteiger partial charge < -0.3 is 9.88 Å². The fourth-order valence-corrected chi connectivity index (χ4v) is 4.99. The van der Waals surface area contributed by atoms with Crippen molar-refractivity contribution < 1.29 is 0 Å². The first-order valence-electron chi connectivity index (χ1n) is 10.9. The van der Waals surface area contributed by atoms with E-state index < -0.39 is 0 Å². The van der Waals surface area contributed by atoms with Crippen molar-refractivity contribution in [2.45, 2.75) is 13.5 Å². The normalized spacial score (nSPS) is 11.8. The maximum atomic E-state index is 4.91. The van der Waals surface area contributed by atoms with E-state index in [9.17, 15) is 0 Å². The van der Waals surface area contributed by atoms with Crippen LogP contribution in [0.1, 0.15) is 10.4 Å². The number of imidazole rings is 1. The number of aromatic amines is 2. The smallest absolute Gasteiger partial charge is 0.159 e. The minimum atomic E-state index is 0.695. The van der Waals surface area contributed by atoms with E-state index in [0.717, 1.165) is 61.6 Å². The van der Waals surface area contributed by atoms with Gasteiger partial charge in [-0.1, -0.05) is 0 Å². The lowest BCUT2D eigenvalue weighted by Crippen LogP contribution is -2.10. The van der Waals surface area contributed by atoms with Crippen LogP contribution >= 0.6 is 11.3 Å². The Labute approximate surface area is 199 Å². The van der Waals surface area contributed by atoms with Crippen molar-refractivity contribution in [2.24, 2.45) is 0 Å². The first-order valence-corrected chi connectivity index (χ1v) is 11.7. The molecule has 0 aliphatic heterocycles. The highest BCUT2D eigenvalue weighted by Gasteiger charge is 2.17. The molecule has 8 nitrogen and oxygen atoms in total. The molecular weight excluding hydrogens is 444 g/mol. The van der Waals surface area contributed by atoms with E-state index in [4.69, 9.17) is 4.98 Å². The Morgan fingerprint density at radius 1 is 0.971 bits per heavy atom. The molecule has 0 aliphatic rings. The number of rotatable bonds is 5. The summed E-state index contributed by atoms with van der Waals surface area (Å²) in [5.74, 6) is 0.695. The van der Waals surface area contributed by atoms with Crippen molar-refractivity contribution >= 4 is 33.3 Å². The Morgan fingerprint density at radius 3 is 2.71 bits per heavy atom. The van der Waals surface area contributed by atoms with Crippen LogP contribution in [-0.4, -0.2) is 54.1 Å². The zero-order valence-corrected chi connectivity index (χ0v) is 19.8. The average Bonchev–Trinajstić information content (AvgIpc) is 3.55. The molecule has 0 aromatic carbocycles. The van der Waals surface area contributed by atoms with Crippen molar-refractivity contribution in [3.63, 3.8) is 0 Å². The SMILES string of the molecule is Cc1ccc(-c2nccc3[nH]c(-c4n[nH]c5cnc(-c6cncc(CN(C)C)c6)cc45)nc23)s1. The van der Waals surface area contributed by atoms with Gasteiger partial charge in [0.25, 0.3) is 0 Å². The van der Waals surface area contributed by atoms with Crippen molar-refractivity contribution in [2.75, 3.05) is 14.1 Å². The molecule has 168 valence electrons. The van der Waals surface area contributed by atoms with Crippen LogP contribution in [0.5, 0.6) is 0 Å². The monoisotopic (exact) mass is 466 g/mol. The molecule has 6 rings (SSSR count). The van der Waals surface area contributed by atoms with Gasteiger partial charge >= 0.3 is 0 Å². The van der Waals surface area contributed by atoms with Crippen LogP contribution in [0.15, 0.2) is 55.1 Å². The Kier molecular flexibility index (Phi) is 4.93. The first-order chi connectivity index (χ1) is 16.5. The van der Waals surface area contributed by atoms with Crippen molar-refractivity contribution in [1.82, 2.24) is 40.0 Å². The molecule has 0 unspecified atom stereocenters. The molecule has 0 amide bonds. The minimum Gasteiger partial charge on any atom is -0.336 e. The summed E-state index contributed by atoms with van der Waals surface area (Å²) in [6.07, 6.45) is 7.35. The lowest BCUT2D eigenvalue weighted by Gasteiger charge is -2.10. The van der Waals surface area contributed by atoms with E-state index in [1.54, 1.807) is 11.3 Å². The van der Waals surface area contributed by atoms with Gasteiger partial charge in [0.1, 0.15) is 16.9 Å². The van der Waals surface area contributed by atoms with Gasteiger partial charge in [0.15, 0.2) is 5.82 Å². The Balaban J connectivity index is 1.45. The molecule has 0 saturated heterocycles. The van der Waals surface area contributed by atoms with E-state index >= 15 is 0 Å². The second kappa shape index (κ2) is 8.12. The van der Waals surface area contributed by atoms with Gasteiger partial charge in [0.2, 0.25) is 0 Å². The van der Waals surface area contributed by atoms with Crippen LogP contribution in [0.2, 0.25) is 0 Å². The van der Waals surface area contributed by atoms with Gasteiger partial charge in [-0.2, -0.15) is 5.10 Å². The third-order valence-corrected chi connectivity index (χ3v) is 6.64. The average molecular weight is 467 g/mol. The summed E-state index contributed by atoms with van der Waals surface area (Å²) < 4.78 is 0. The van der Waals surface area contributed by atoms with E-state index in [1.165, 1.54) is 4.88 Å². The number of pyridine rings is 3.